The molecule has 1 amide bonds. The average Bonchev–Trinajstić information content (AvgIpc) is 2.46. The molecule has 0 aromatic heterocycles. The van der Waals surface area contributed by atoms with E-state index in [0.29, 0.717) is 6.54 Å². The molecule has 1 aromatic rings. The van der Waals surface area contributed by atoms with Gasteiger partial charge in [0.25, 0.3) is 0 Å². The Morgan fingerprint density at radius 2 is 2.05 bits per heavy atom. The first kappa shape index (κ1) is 15.0. The zero-order chi connectivity index (χ0) is 14.5. The van der Waals surface area contributed by atoms with E-state index < -0.39 is 0 Å². The Bertz CT molecular complexity index is 444. The highest BCUT2D eigenvalue weighted by atomic mass is 16.3. The molecule has 0 radical (unpaired) electrons. The highest BCUT2D eigenvalue weighted by Crippen LogP contribution is 2.24. The van der Waals surface area contributed by atoms with Gasteiger partial charge in [0.15, 0.2) is 0 Å². The molecule has 0 bridgehead atoms. The van der Waals surface area contributed by atoms with Gasteiger partial charge in [-0.3, -0.25) is 9.69 Å². The lowest BCUT2D eigenvalue weighted by Crippen LogP contribution is -2.53. The first-order chi connectivity index (χ1) is 9.67. The van der Waals surface area contributed by atoms with E-state index >= 15 is 0 Å². The van der Waals surface area contributed by atoms with E-state index in [4.69, 9.17) is 5.11 Å². The molecular weight excluding hydrogens is 252 g/mol. The van der Waals surface area contributed by atoms with Crippen molar-refractivity contribution in [2.24, 2.45) is 0 Å². The van der Waals surface area contributed by atoms with Crippen molar-refractivity contribution in [1.82, 2.24) is 4.90 Å². The summed E-state index contributed by atoms with van der Waals surface area (Å²) in [5.74, 6) is 0.162. The number of aliphatic hydroxyl groups is 1. The third kappa shape index (κ3) is 3.19. The number of aliphatic hydroxyl groups excluding tert-OH is 1. The quantitative estimate of drug-likeness (QED) is 0.892. The molecule has 1 aromatic carbocycles. The number of nitrogens with zero attached hydrogens (tertiary/aromatic N) is 2. The molecule has 20 heavy (non-hydrogen) atoms. The van der Waals surface area contributed by atoms with Crippen LogP contribution in [0.25, 0.3) is 0 Å². The number of hydrogen-bond acceptors (Lipinski definition) is 3. The predicted octanol–water partition coefficient (Wildman–Crippen LogP) is 1.80. The largest absolute Gasteiger partial charge is 0.395 e. The highest BCUT2D eigenvalue weighted by molar-refractivity contribution is 5.97. The van der Waals surface area contributed by atoms with Crippen LogP contribution in [0.3, 0.4) is 0 Å². The van der Waals surface area contributed by atoms with Crippen LogP contribution in [-0.4, -0.2) is 48.2 Å². The number of hydrogen-bond donors (Lipinski definition) is 1. The SMILES string of the molecule is CCN(CCO)C1CCCN(c2ccc(C)cc2)C1=O. The molecule has 1 unspecified atom stereocenters. The number of amides is 1. The van der Waals surface area contributed by atoms with Gasteiger partial charge in [0.05, 0.1) is 12.6 Å². The van der Waals surface area contributed by atoms with Gasteiger partial charge >= 0.3 is 0 Å². The van der Waals surface area contributed by atoms with Crippen LogP contribution >= 0.6 is 0 Å². The Labute approximate surface area is 121 Å². The number of rotatable bonds is 5. The smallest absolute Gasteiger partial charge is 0.244 e. The summed E-state index contributed by atoms with van der Waals surface area (Å²) in [6.45, 7) is 6.32. The van der Waals surface area contributed by atoms with Gasteiger partial charge in [-0.25, -0.2) is 0 Å². The van der Waals surface area contributed by atoms with E-state index in [0.717, 1.165) is 31.6 Å². The molecule has 1 aliphatic rings. The maximum absolute atomic E-state index is 12.7. The van der Waals surface area contributed by atoms with Crippen molar-refractivity contribution in [3.63, 3.8) is 0 Å². The van der Waals surface area contributed by atoms with Crippen LogP contribution < -0.4 is 4.90 Å². The van der Waals surface area contributed by atoms with E-state index in [-0.39, 0.29) is 18.6 Å². The Morgan fingerprint density at radius 1 is 1.35 bits per heavy atom. The van der Waals surface area contributed by atoms with Gasteiger partial charge in [-0.1, -0.05) is 24.6 Å². The van der Waals surface area contributed by atoms with Gasteiger partial charge in [-0.2, -0.15) is 0 Å². The van der Waals surface area contributed by atoms with E-state index in [1.54, 1.807) is 0 Å². The van der Waals surface area contributed by atoms with Crippen molar-refractivity contribution in [3.05, 3.63) is 29.8 Å². The lowest BCUT2D eigenvalue weighted by Gasteiger charge is -2.38. The minimum Gasteiger partial charge on any atom is -0.395 e. The monoisotopic (exact) mass is 276 g/mol. The van der Waals surface area contributed by atoms with Crippen LogP contribution in [-0.2, 0) is 4.79 Å². The molecule has 2 rings (SSSR count). The van der Waals surface area contributed by atoms with E-state index in [2.05, 4.69) is 4.90 Å². The second-order valence-electron chi connectivity index (χ2n) is 5.34. The molecule has 0 saturated carbocycles. The molecule has 0 spiro atoms. The predicted molar refractivity (Wildman–Crippen MR) is 80.9 cm³/mol. The molecule has 4 heteroatoms. The molecule has 1 saturated heterocycles. The summed E-state index contributed by atoms with van der Waals surface area (Å²) in [7, 11) is 0. The molecule has 1 heterocycles. The molecule has 1 N–H and O–H groups in total. The van der Waals surface area contributed by atoms with Gasteiger partial charge in [-0.05, 0) is 38.4 Å². The maximum Gasteiger partial charge on any atom is 0.244 e. The molecular formula is C16H24N2O2. The van der Waals surface area contributed by atoms with Gasteiger partial charge in [0.2, 0.25) is 5.91 Å². The van der Waals surface area contributed by atoms with Gasteiger partial charge in [0.1, 0.15) is 0 Å². The first-order valence-electron chi connectivity index (χ1n) is 7.40. The summed E-state index contributed by atoms with van der Waals surface area (Å²) in [4.78, 5) is 16.6. The van der Waals surface area contributed by atoms with Gasteiger partial charge in [-0.15, -0.1) is 0 Å². The minimum atomic E-state index is -0.0952. The van der Waals surface area contributed by atoms with Gasteiger partial charge in [0, 0.05) is 18.8 Å². The van der Waals surface area contributed by atoms with Crippen LogP contribution in [0.2, 0.25) is 0 Å². The average molecular weight is 276 g/mol. The Morgan fingerprint density at radius 3 is 2.65 bits per heavy atom. The van der Waals surface area contributed by atoms with Crippen molar-refractivity contribution < 1.29 is 9.90 Å². The van der Waals surface area contributed by atoms with Crippen molar-refractivity contribution in [2.45, 2.75) is 32.7 Å². The summed E-state index contributed by atoms with van der Waals surface area (Å²) in [6.07, 6.45) is 1.89. The Hall–Kier alpha value is -1.39. The number of likely N-dealkylation sites (N-methyl/N-ethyl adjacent to an activating group) is 1. The van der Waals surface area contributed by atoms with Crippen molar-refractivity contribution in [3.8, 4) is 0 Å². The van der Waals surface area contributed by atoms with E-state index in [9.17, 15) is 4.79 Å². The number of aryl methyl sites for hydroxylation is 1. The molecule has 1 fully saturated rings. The van der Waals surface area contributed by atoms with Crippen molar-refractivity contribution >= 4 is 11.6 Å². The summed E-state index contributed by atoms with van der Waals surface area (Å²) in [5, 5.41) is 9.13. The van der Waals surface area contributed by atoms with Gasteiger partial charge < -0.3 is 10.0 Å². The maximum atomic E-state index is 12.7. The van der Waals surface area contributed by atoms with E-state index in [1.165, 1.54) is 5.56 Å². The van der Waals surface area contributed by atoms with E-state index in [1.807, 2.05) is 43.0 Å². The third-order valence-corrected chi connectivity index (χ3v) is 3.99. The lowest BCUT2D eigenvalue weighted by molar-refractivity contribution is -0.125. The highest BCUT2D eigenvalue weighted by Gasteiger charge is 2.32. The lowest BCUT2D eigenvalue weighted by atomic mass is 10.0. The fraction of sp³-hybridized carbons (Fsp3) is 0.562. The fourth-order valence-corrected chi connectivity index (χ4v) is 2.84. The number of carbonyl (C=O) groups is 1. The summed E-state index contributed by atoms with van der Waals surface area (Å²) >= 11 is 0. The Kier molecular flexibility index (Phi) is 5.15. The zero-order valence-electron chi connectivity index (χ0n) is 12.4. The third-order valence-electron chi connectivity index (χ3n) is 3.99. The summed E-state index contributed by atoms with van der Waals surface area (Å²) < 4.78 is 0. The standard InChI is InChI=1S/C16H24N2O2/c1-3-17(11-12-19)15-5-4-10-18(16(15)20)14-8-6-13(2)7-9-14/h6-9,15,19H,3-5,10-12H2,1-2H3. The molecule has 0 aliphatic carbocycles. The molecule has 1 aliphatic heterocycles. The normalized spacial score (nSPS) is 19.7. The van der Waals surface area contributed by atoms with Crippen LogP contribution in [0.1, 0.15) is 25.3 Å². The molecule has 110 valence electrons. The van der Waals surface area contributed by atoms with Crippen LogP contribution in [0.5, 0.6) is 0 Å². The van der Waals surface area contributed by atoms with Crippen LogP contribution in [0.15, 0.2) is 24.3 Å². The minimum absolute atomic E-state index is 0.0952. The number of benzene rings is 1. The summed E-state index contributed by atoms with van der Waals surface area (Å²) in [5.41, 5.74) is 2.18. The van der Waals surface area contributed by atoms with Crippen molar-refractivity contribution in [2.75, 3.05) is 31.1 Å². The topological polar surface area (TPSA) is 43.8 Å². The molecule has 4 nitrogen and oxygen atoms in total. The number of anilines is 1. The first-order valence-corrected chi connectivity index (χ1v) is 7.40. The van der Waals surface area contributed by atoms with Crippen LogP contribution in [0.4, 0.5) is 5.69 Å². The second kappa shape index (κ2) is 6.86. The fourth-order valence-electron chi connectivity index (χ4n) is 2.84. The number of piperidine rings is 1. The number of carbonyl (C=O) groups excluding carboxylic acids is 1. The van der Waals surface area contributed by atoms with Crippen LogP contribution in [0, 0.1) is 6.92 Å². The zero-order valence-corrected chi connectivity index (χ0v) is 12.4. The summed E-state index contributed by atoms with van der Waals surface area (Å²) in [6, 6.07) is 8.01. The van der Waals surface area contributed by atoms with Crippen molar-refractivity contribution in [1.29, 1.82) is 0 Å². The second-order valence-corrected chi connectivity index (χ2v) is 5.34. The molecule has 1 atom stereocenters. The Balaban J connectivity index is 2.15.